The number of imidazole rings is 1. The number of H-pyrrole nitrogens is 1. The van der Waals surface area contributed by atoms with E-state index in [4.69, 9.17) is 0 Å². The molecule has 20 heavy (non-hydrogen) atoms. The summed E-state index contributed by atoms with van der Waals surface area (Å²) in [5, 5.41) is 4.09. The molecule has 0 aliphatic heterocycles. The van der Waals surface area contributed by atoms with Gasteiger partial charge in [-0.25, -0.2) is 4.98 Å². The maximum atomic E-state index is 4.60. The number of aryl methyl sites for hydroxylation is 1. The number of rotatable bonds is 4. The second-order valence-electron chi connectivity index (χ2n) is 4.84. The van der Waals surface area contributed by atoms with Crippen molar-refractivity contribution in [1.82, 2.24) is 15.3 Å². The van der Waals surface area contributed by atoms with Crippen LogP contribution in [0.2, 0.25) is 0 Å². The van der Waals surface area contributed by atoms with Gasteiger partial charge in [-0.1, -0.05) is 30.0 Å². The van der Waals surface area contributed by atoms with Gasteiger partial charge in [0.2, 0.25) is 0 Å². The van der Waals surface area contributed by atoms with Gasteiger partial charge in [0.15, 0.2) is 5.16 Å². The number of aromatic nitrogens is 2. The van der Waals surface area contributed by atoms with Gasteiger partial charge in [-0.05, 0) is 49.4 Å². The second kappa shape index (κ2) is 5.69. The molecule has 0 saturated heterocycles. The van der Waals surface area contributed by atoms with Crippen LogP contribution in [0.4, 0.5) is 0 Å². The standard InChI is InChI=1S/C16H17N3S/c1-11-3-8-14-15(9-11)19-16(18-14)20-13-6-4-12(5-7-13)10-17-2/h3-9,17H,10H2,1-2H3,(H,18,19). The van der Waals surface area contributed by atoms with E-state index >= 15 is 0 Å². The van der Waals surface area contributed by atoms with E-state index in [1.807, 2.05) is 7.05 Å². The molecule has 4 heteroatoms. The molecule has 102 valence electrons. The van der Waals surface area contributed by atoms with Gasteiger partial charge >= 0.3 is 0 Å². The highest BCUT2D eigenvalue weighted by Gasteiger charge is 2.05. The van der Waals surface area contributed by atoms with E-state index in [2.05, 4.69) is 64.7 Å². The number of nitrogens with one attached hydrogen (secondary N) is 2. The summed E-state index contributed by atoms with van der Waals surface area (Å²) in [6, 6.07) is 14.8. The van der Waals surface area contributed by atoms with Gasteiger partial charge in [-0.3, -0.25) is 0 Å². The summed E-state index contributed by atoms with van der Waals surface area (Å²) in [5.41, 5.74) is 4.65. The quantitative estimate of drug-likeness (QED) is 0.766. The Bertz CT molecular complexity index is 716. The molecule has 0 saturated carbocycles. The van der Waals surface area contributed by atoms with Gasteiger partial charge in [0.1, 0.15) is 0 Å². The van der Waals surface area contributed by atoms with Crippen molar-refractivity contribution < 1.29 is 0 Å². The molecule has 0 aliphatic carbocycles. The normalized spacial score (nSPS) is 11.1. The Hall–Kier alpha value is -1.78. The van der Waals surface area contributed by atoms with Gasteiger partial charge in [-0.2, -0.15) is 0 Å². The maximum absolute atomic E-state index is 4.60. The van der Waals surface area contributed by atoms with Crippen LogP contribution in [0.5, 0.6) is 0 Å². The summed E-state index contributed by atoms with van der Waals surface area (Å²) in [6.45, 7) is 2.99. The lowest BCUT2D eigenvalue weighted by molar-refractivity contribution is 0.817. The third-order valence-corrected chi connectivity index (χ3v) is 4.03. The first-order valence-electron chi connectivity index (χ1n) is 6.62. The number of benzene rings is 2. The molecule has 2 N–H and O–H groups in total. The van der Waals surface area contributed by atoms with Crippen LogP contribution in [0.25, 0.3) is 11.0 Å². The van der Waals surface area contributed by atoms with Crippen molar-refractivity contribution in [2.75, 3.05) is 7.05 Å². The Morgan fingerprint density at radius 2 is 1.95 bits per heavy atom. The van der Waals surface area contributed by atoms with Crippen molar-refractivity contribution >= 4 is 22.8 Å². The van der Waals surface area contributed by atoms with E-state index in [1.165, 1.54) is 16.0 Å². The average Bonchev–Trinajstić information content (AvgIpc) is 2.82. The number of hydrogen-bond donors (Lipinski definition) is 2. The van der Waals surface area contributed by atoms with Crippen molar-refractivity contribution in [3.63, 3.8) is 0 Å². The van der Waals surface area contributed by atoms with Crippen LogP contribution in [0.3, 0.4) is 0 Å². The van der Waals surface area contributed by atoms with Gasteiger partial charge in [0.25, 0.3) is 0 Å². The van der Waals surface area contributed by atoms with E-state index in [1.54, 1.807) is 11.8 Å². The van der Waals surface area contributed by atoms with E-state index in [9.17, 15) is 0 Å². The number of aromatic amines is 1. The zero-order valence-corrected chi connectivity index (χ0v) is 12.4. The first kappa shape index (κ1) is 13.2. The molecule has 0 bridgehead atoms. The fraction of sp³-hybridized carbons (Fsp3) is 0.188. The molecule has 2 aromatic carbocycles. The number of nitrogens with zero attached hydrogens (tertiary/aromatic N) is 1. The van der Waals surface area contributed by atoms with E-state index in [-0.39, 0.29) is 0 Å². The summed E-state index contributed by atoms with van der Waals surface area (Å²) in [5.74, 6) is 0. The molecule has 0 spiro atoms. The SMILES string of the molecule is CNCc1ccc(Sc2nc3ccc(C)cc3[nH]2)cc1. The summed E-state index contributed by atoms with van der Waals surface area (Å²) < 4.78 is 0. The van der Waals surface area contributed by atoms with Crippen LogP contribution < -0.4 is 5.32 Å². The molecule has 0 atom stereocenters. The number of fused-ring (bicyclic) bond motifs is 1. The Kier molecular flexibility index (Phi) is 3.76. The molecular weight excluding hydrogens is 266 g/mol. The third kappa shape index (κ3) is 2.86. The van der Waals surface area contributed by atoms with E-state index in [0.717, 1.165) is 22.7 Å². The monoisotopic (exact) mass is 283 g/mol. The van der Waals surface area contributed by atoms with Gasteiger partial charge in [-0.15, -0.1) is 0 Å². The van der Waals surface area contributed by atoms with Crippen molar-refractivity contribution in [3.05, 3.63) is 53.6 Å². The summed E-state index contributed by atoms with van der Waals surface area (Å²) in [6.07, 6.45) is 0. The zero-order valence-electron chi connectivity index (χ0n) is 11.6. The predicted octanol–water partition coefficient (Wildman–Crippen LogP) is 3.74. The maximum Gasteiger partial charge on any atom is 0.171 e. The van der Waals surface area contributed by atoms with Crippen LogP contribution in [-0.4, -0.2) is 17.0 Å². The minimum absolute atomic E-state index is 0.898. The van der Waals surface area contributed by atoms with E-state index in [0.29, 0.717) is 0 Å². The fourth-order valence-corrected chi connectivity index (χ4v) is 2.94. The highest BCUT2D eigenvalue weighted by molar-refractivity contribution is 7.99. The van der Waals surface area contributed by atoms with E-state index < -0.39 is 0 Å². The van der Waals surface area contributed by atoms with Crippen molar-refractivity contribution in [3.8, 4) is 0 Å². The molecule has 3 aromatic rings. The van der Waals surface area contributed by atoms with Gasteiger partial charge < -0.3 is 10.3 Å². The molecule has 3 nitrogen and oxygen atoms in total. The fourth-order valence-electron chi connectivity index (χ4n) is 2.14. The molecule has 0 unspecified atom stereocenters. The Morgan fingerprint density at radius 3 is 2.70 bits per heavy atom. The van der Waals surface area contributed by atoms with Gasteiger partial charge in [0, 0.05) is 11.4 Å². The van der Waals surface area contributed by atoms with Gasteiger partial charge in [0.05, 0.1) is 11.0 Å². The minimum Gasteiger partial charge on any atom is -0.333 e. The third-order valence-electron chi connectivity index (χ3n) is 3.13. The van der Waals surface area contributed by atoms with Crippen LogP contribution >= 0.6 is 11.8 Å². The molecule has 3 rings (SSSR count). The Labute approximate surface area is 122 Å². The Morgan fingerprint density at radius 1 is 1.15 bits per heavy atom. The minimum atomic E-state index is 0.898. The first-order valence-corrected chi connectivity index (χ1v) is 7.44. The lowest BCUT2D eigenvalue weighted by Gasteiger charge is -2.01. The average molecular weight is 283 g/mol. The molecular formula is C16H17N3S. The largest absolute Gasteiger partial charge is 0.333 e. The van der Waals surface area contributed by atoms with Crippen molar-refractivity contribution in [2.24, 2.45) is 0 Å². The van der Waals surface area contributed by atoms with Crippen LogP contribution in [-0.2, 0) is 6.54 Å². The van der Waals surface area contributed by atoms with Crippen LogP contribution in [0, 0.1) is 6.92 Å². The topological polar surface area (TPSA) is 40.7 Å². The molecule has 1 aromatic heterocycles. The summed E-state index contributed by atoms with van der Waals surface area (Å²) in [7, 11) is 1.96. The number of hydrogen-bond acceptors (Lipinski definition) is 3. The lowest BCUT2D eigenvalue weighted by Crippen LogP contribution is -2.04. The summed E-state index contributed by atoms with van der Waals surface area (Å²) >= 11 is 1.66. The molecule has 0 aliphatic rings. The molecule has 0 radical (unpaired) electrons. The first-order chi connectivity index (χ1) is 9.74. The molecule has 0 amide bonds. The highest BCUT2D eigenvalue weighted by atomic mass is 32.2. The van der Waals surface area contributed by atoms with Crippen LogP contribution in [0.15, 0.2) is 52.5 Å². The van der Waals surface area contributed by atoms with Crippen molar-refractivity contribution in [1.29, 1.82) is 0 Å². The summed E-state index contributed by atoms with van der Waals surface area (Å²) in [4.78, 5) is 9.16. The Balaban J connectivity index is 1.81. The highest BCUT2D eigenvalue weighted by Crippen LogP contribution is 2.27. The zero-order chi connectivity index (χ0) is 13.9. The smallest absolute Gasteiger partial charge is 0.171 e. The molecule has 1 heterocycles. The lowest BCUT2D eigenvalue weighted by atomic mass is 10.2. The van der Waals surface area contributed by atoms with Crippen molar-refractivity contribution in [2.45, 2.75) is 23.5 Å². The van der Waals surface area contributed by atoms with Crippen LogP contribution in [0.1, 0.15) is 11.1 Å². The predicted molar refractivity (Wildman–Crippen MR) is 84.2 cm³/mol. The molecule has 0 fully saturated rings. The second-order valence-corrected chi connectivity index (χ2v) is 5.90.